The van der Waals surface area contributed by atoms with Crippen LogP contribution in [0.2, 0.25) is 0 Å². The van der Waals surface area contributed by atoms with Gasteiger partial charge in [0.05, 0.1) is 27.8 Å². The second kappa shape index (κ2) is 10.2. The van der Waals surface area contributed by atoms with Gasteiger partial charge >= 0.3 is 0 Å². The first kappa shape index (κ1) is 26.3. The Kier molecular flexibility index (Phi) is 5.87. The van der Waals surface area contributed by atoms with Gasteiger partial charge in [0, 0.05) is 50.2 Å². The molecule has 0 radical (unpaired) electrons. The highest BCUT2D eigenvalue weighted by molar-refractivity contribution is 6.11. The summed E-state index contributed by atoms with van der Waals surface area (Å²) in [6, 6.07) is 46.9. The van der Waals surface area contributed by atoms with Gasteiger partial charge in [-0.25, -0.2) is 8.78 Å². The lowest BCUT2D eigenvalue weighted by molar-refractivity contribution is 0.627. The van der Waals surface area contributed by atoms with Gasteiger partial charge < -0.3 is 9.13 Å². The minimum absolute atomic E-state index is 0.251. The summed E-state index contributed by atoms with van der Waals surface area (Å²) >= 11 is 0. The molecule has 0 atom stereocenters. The average Bonchev–Trinajstić information content (AvgIpc) is 3.61. The summed E-state index contributed by atoms with van der Waals surface area (Å²) in [5.74, 6) is -0.502. The molecule has 3 nitrogen and oxygen atoms in total. The van der Waals surface area contributed by atoms with Crippen LogP contribution in [0.1, 0.15) is 0 Å². The number of halogens is 2. The number of hydrogen-bond donors (Lipinski definition) is 0. The van der Waals surface area contributed by atoms with Crippen LogP contribution in [0.4, 0.5) is 8.78 Å². The number of fused-ring (bicyclic) bond motifs is 6. The van der Waals surface area contributed by atoms with Gasteiger partial charge in [0.1, 0.15) is 11.6 Å². The van der Waals surface area contributed by atoms with E-state index >= 15 is 0 Å². The van der Waals surface area contributed by atoms with E-state index in [9.17, 15) is 8.78 Å². The summed E-state index contributed by atoms with van der Waals surface area (Å²) < 4.78 is 31.8. The Morgan fingerprint density at radius 2 is 0.848 bits per heavy atom. The molecule has 9 aromatic rings. The zero-order valence-corrected chi connectivity index (χ0v) is 24.5. The maximum atomic E-state index is 13.7. The van der Waals surface area contributed by atoms with Crippen molar-refractivity contribution < 1.29 is 8.78 Å². The van der Waals surface area contributed by atoms with E-state index in [1.54, 1.807) is 0 Å². The van der Waals surface area contributed by atoms with Gasteiger partial charge in [-0.1, -0.05) is 54.6 Å². The van der Waals surface area contributed by atoms with Crippen molar-refractivity contribution in [2.24, 2.45) is 0 Å². The molecule has 0 unspecified atom stereocenters. The standard InChI is InChI=1S/C41H25F2N3/c42-29-12-16-31(17-13-29)45-38-7-3-1-5-33(38)35-23-26(10-21-40(35)45)28-9-20-37(44-25-28)27-11-22-41-36(24-27)34-6-2-4-8-39(34)46(41)32-18-14-30(43)15-19-32/h1-25H. The first-order valence-electron chi connectivity index (χ1n) is 15.2. The highest BCUT2D eigenvalue weighted by Gasteiger charge is 2.15. The monoisotopic (exact) mass is 597 g/mol. The first-order valence-corrected chi connectivity index (χ1v) is 15.2. The molecule has 0 spiro atoms. The van der Waals surface area contributed by atoms with Crippen molar-refractivity contribution >= 4 is 43.6 Å². The van der Waals surface area contributed by atoms with Gasteiger partial charge in [-0.2, -0.15) is 0 Å². The van der Waals surface area contributed by atoms with Gasteiger partial charge in [0.15, 0.2) is 0 Å². The molecule has 3 heterocycles. The molecule has 3 aromatic heterocycles. The van der Waals surface area contributed by atoms with E-state index in [1.165, 1.54) is 24.3 Å². The summed E-state index contributed by atoms with van der Waals surface area (Å²) in [6.45, 7) is 0. The normalized spacial score (nSPS) is 11.7. The highest BCUT2D eigenvalue weighted by Crippen LogP contribution is 2.37. The summed E-state index contributed by atoms with van der Waals surface area (Å²) in [6.07, 6.45) is 1.93. The largest absolute Gasteiger partial charge is 0.309 e. The molecule has 0 amide bonds. The van der Waals surface area contributed by atoms with Crippen LogP contribution >= 0.6 is 0 Å². The molecule has 5 heteroatoms. The Hall–Kier alpha value is -6.07. The van der Waals surface area contributed by atoms with Crippen LogP contribution < -0.4 is 0 Å². The van der Waals surface area contributed by atoms with Crippen molar-refractivity contribution in [2.45, 2.75) is 0 Å². The van der Waals surface area contributed by atoms with Gasteiger partial charge in [0.2, 0.25) is 0 Å². The van der Waals surface area contributed by atoms with Crippen LogP contribution in [0.25, 0.3) is 77.4 Å². The Morgan fingerprint density at radius 3 is 1.37 bits per heavy atom. The number of aromatic nitrogens is 3. The molecule has 0 aliphatic heterocycles. The lowest BCUT2D eigenvalue weighted by Crippen LogP contribution is -1.94. The predicted molar refractivity (Wildman–Crippen MR) is 184 cm³/mol. The number of rotatable bonds is 4. The van der Waals surface area contributed by atoms with E-state index in [-0.39, 0.29) is 11.6 Å². The maximum Gasteiger partial charge on any atom is 0.123 e. The second-order valence-electron chi connectivity index (χ2n) is 11.6. The van der Waals surface area contributed by atoms with Crippen LogP contribution in [-0.2, 0) is 0 Å². The van der Waals surface area contributed by atoms with Crippen molar-refractivity contribution in [3.05, 3.63) is 163 Å². The van der Waals surface area contributed by atoms with Crippen molar-refractivity contribution in [2.75, 3.05) is 0 Å². The highest BCUT2D eigenvalue weighted by atomic mass is 19.1. The molecule has 0 bridgehead atoms. The molecule has 0 aliphatic rings. The third-order valence-electron chi connectivity index (χ3n) is 8.91. The van der Waals surface area contributed by atoms with Crippen LogP contribution in [0.5, 0.6) is 0 Å². The molecule has 0 N–H and O–H groups in total. The fourth-order valence-corrected chi connectivity index (χ4v) is 6.76. The number of para-hydroxylation sites is 2. The average molecular weight is 598 g/mol. The molecule has 6 aromatic carbocycles. The lowest BCUT2D eigenvalue weighted by Gasteiger charge is -2.09. The number of benzene rings is 6. The molecule has 0 saturated heterocycles. The third-order valence-corrected chi connectivity index (χ3v) is 8.91. The van der Waals surface area contributed by atoms with E-state index in [1.807, 2.05) is 54.7 Å². The molecule has 218 valence electrons. The van der Waals surface area contributed by atoms with E-state index in [2.05, 4.69) is 81.9 Å². The summed E-state index contributed by atoms with van der Waals surface area (Å²) in [5.41, 5.74) is 10.1. The second-order valence-corrected chi connectivity index (χ2v) is 11.6. The van der Waals surface area contributed by atoms with Crippen molar-refractivity contribution in [1.82, 2.24) is 14.1 Å². The van der Waals surface area contributed by atoms with E-state index in [4.69, 9.17) is 4.98 Å². The maximum absolute atomic E-state index is 13.7. The minimum Gasteiger partial charge on any atom is -0.309 e. The number of pyridine rings is 1. The predicted octanol–water partition coefficient (Wildman–Crippen LogP) is 10.9. The van der Waals surface area contributed by atoms with Crippen LogP contribution in [0, 0.1) is 11.6 Å². The number of nitrogens with zero attached hydrogens (tertiary/aromatic N) is 3. The van der Waals surface area contributed by atoms with Crippen molar-refractivity contribution in [3.63, 3.8) is 0 Å². The molecule has 0 aliphatic carbocycles. The van der Waals surface area contributed by atoms with Crippen LogP contribution in [0.15, 0.2) is 152 Å². The van der Waals surface area contributed by atoms with E-state index < -0.39 is 0 Å². The SMILES string of the molecule is Fc1ccc(-n2c3ccccc3c3cc(-c4ccc(-c5ccc6c(c5)c5ccccc5n6-c5ccc(F)cc5)nc4)ccc32)cc1. The quantitative estimate of drug-likeness (QED) is 0.198. The van der Waals surface area contributed by atoms with Gasteiger partial charge in [0.25, 0.3) is 0 Å². The Labute approximate surface area is 263 Å². The summed E-state index contributed by atoms with van der Waals surface area (Å²) in [5, 5.41) is 4.52. The van der Waals surface area contributed by atoms with Crippen LogP contribution in [-0.4, -0.2) is 14.1 Å². The van der Waals surface area contributed by atoms with Gasteiger partial charge in [-0.05, 0) is 96.6 Å². The lowest BCUT2D eigenvalue weighted by atomic mass is 10.0. The molecule has 46 heavy (non-hydrogen) atoms. The fraction of sp³-hybridized carbons (Fsp3) is 0. The molecule has 9 rings (SSSR count). The molecular formula is C41H25F2N3. The third kappa shape index (κ3) is 4.13. The smallest absolute Gasteiger partial charge is 0.123 e. The minimum atomic E-state index is -0.252. The molecule has 0 fully saturated rings. The number of hydrogen-bond acceptors (Lipinski definition) is 1. The Morgan fingerprint density at radius 1 is 0.391 bits per heavy atom. The fourth-order valence-electron chi connectivity index (χ4n) is 6.76. The van der Waals surface area contributed by atoms with Gasteiger partial charge in [-0.3, -0.25) is 4.98 Å². The summed E-state index contributed by atoms with van der Waals surface area (Å²) in [7, 11) is 0. The zero-order chi connectivity index (χ0) is 30.8. The van der Waals surface area contributed by atoms with Crippen molar-refractivity contribution in [1.29, 1.82) is 0 Å². The molecule has 0 saturated carbocycles. The summed E-state index contributed by atoms with van der Waals surface area (Å²) in [4.78, 5) is 4.90. The van der Waals surface area contributed by atoms with Crippen molar-refractivity contribution in [3.8, 4) is 33.8 Å². The van der Waals surface area contributed by atoms with E-state index in [0.717, 1.165) is 77.4 Å². The van der Waals surface area contributed by atoms with E-state index in [0.29, 0.717) is 0 Å². The zero-order valence-electron chi connectivity index (χ0n) is 24.5. The van der Waals surface area contributed by atoms with Gasteiger partial charge in [-0.15, -0.1) is 0 Å². The molecular weight excluding hydrogens is 572 g/mol. The van der Waals surface area contributed by atoms with Crippen LogP contribution in [0.3, 0.4) is 0 Å². The first-order chi connectivity index (χ1) is 22.6. The Bertz CT molecular complexity index is 2390. The topological polar surface area (TPSA) is 22.8 Å². The Balaban J connectivity index is 1.12.